The first-order valence-corrected chi connectivity index (χ1v) is 14.5. The number of carbonyl (C=O) groups excluding carboxylic acids is 3. The monoisotopic (exact) mass is 511 g/mol. The summed E-state index contributed by atoms with van der Waals surface area (Å²) in [4.78, 5) is 45.2. The molecule has 1 aliphatic heterocycles. The van der Waals surface area contributed by atoms with Gasteiger partial charge in [-0.15, -0.1) is 0 Å². The van der Waals surface area contributed by atoms with Gasteiger partial charge in [0.25, 0.3) is 5.91 Å². The molecule has 2 saturated carbocycles. The predicted molar refractivity (Wildman–Crippen MR) is 148 cm³/mol. The predicted octanol–water partition coefficient (Wildman–Crippen LogP) is 4.85. The molecule has 1 heterocycles. The molecule has 4 rings (SSSR count). The number of nitrogens with zero attached hydrogens (tertiary/aromatic N) is 3. The first kappa shape index (κ1) is 27.3. The first-order chi connectivity index (χ1) is 18.0. The molecule has 0 unspecified atom stereocenters. The molecule has 0 aromatic heterocycles. The third-order valence-corrected chi connectivity index (χ3v) is 8.33. The minimum absolute atomic E-state index is 0.0203. The van der Waals surface area contributed by atoms with Crippen LogP contribution in [0, 0.1) is 5.92 Å². The van der Waals surface area contributed by atoms with E-state index in [1.54, 1.807) is 0 Å². The molecule has 0 radical (unpaired) electrons. The minimum atomic E-state index is -0.0203. The van der Waals surface area contributed by atoms with E-state index in [4.69, 9.17) is 0 Å². The van der Waals surface area contributed by atoms with Gasteiger partial charge in [-0.1, -0.05) is 32.1 Å². The molecule has 1 saturated heterocycles. The van der Waals surface area contributed by atoms with E-state index in [0.717, 1.165) is 57.2 Å². The molecular weight excluding hydrogens is 466 g/mol. The summed E-state index contributed by atoms with van der Waals surface area (Å²) >= 11 is 0. The van der Waals surface area contributed by atoms with Crippen LogP contribution in [0.5, 0.6) is 0 Å². The van der Waals surface area contributed by atoms with Crippen molar-refractivity contribution < 1.29 is 14.4 Å². The van der Waals surface area contributed by atoms with E-state index in [1.807, 2.05) is 41.8 Å². The van der Waals surface area contributed by atoms with Crippen LogP contribution in [0.25, 0.3) is 0 Å². The molecule has 0 bridgehead atoms. The van der Waals surface area contributed by atoms with E-state index in [1.165, 1.54) is 19.3 Å². The molecule has 1 aromatic carbocycles. The van der Waals surface area contributed by atoms with Crippen LogP contribution >= 0.6 is 0 Å². The summed E-state index contributed by atoms with van der Waals surface area (Å²) in [5.41, 5.74) is 2.18. The number of nitrogens with one attached hydrogen (secondary N) is 2. The maximum absolute atomic E-state index is 13.6. The highest BCUT2D eigenvalue weighted by Crippen LogP contribution is 2.30. The Kier molecular flexibility index (Phi) is 9.69. The van der Waals surface area contributed by atoms with Gasteiger partial charge in [0.2, 0.25) is 5.91 Å². The van der Waals surface area contributed by atoms with Crippen LogP contribution in [-0.2, 0) is 4.79 Å². The fourth-order valence-electron chi connectivity index (χ4n) is 6.05. The van der Waals surface area contributed by atoms with Crippen LogP contribution in [0.2, 0.25) is 0 Å². The third-order valence-electron chi connectivity index (χ3n) is 8.33. The van der Waals surface area contributed by atoms with Crippen LogP contribution in [0.15, 0.2) is 18.2 Å². The smallest absolute Gasteiger partial charge is 0.317 e. The van der Waals surface area contributed by atoms with Crippen molar-refractivity contribution in [3.05, 3.63) is 23.8 Å². The molecule has 3 aliphatic rings. The van der Waals surface area contributed by atoms with E-state index in [0.29, 0.717) is 50.0 Å². The summed E-state index contributed by atoms with van der Waals surface area (Å²) in [6.07, 6.45) is 10.7. The summed E-state index contributed by atoms with van der Waals surface area (Å²) in [6.45, 7) is 8.01. The average Bonchev–Trinajstić information content (AvgIpc) is 3.35. The number of urea groups is 1. The van der Waals surface area contributed by atoms with Gasteiger partial charge >= 0.3 is 6.03 Å². The molecule has 0 spiro atoms. The lowest BCUT2D eigenvalue weighted by Crippen LogP contribution is -2.46. The minimum Gasteiger partial charge on any atom is -0.369 e. The maximum Gasteiger partial charge on any atom is 0.317 e. The Morgan fingerprint density at radius 3 is 2.27 bits per heavy atom. The zero-order valence-corrected chi connectivity index (χ0v) is 22.8. The first-order valence-electron chi connectivity index (χ1n) is 14.5. The fraction of sp³-hybridized carbons (Fsp3) is 0.690. The van der Waals surface area contributed by atoms with Gasteiger partial charge in [-0.3, -0.25) is 9.59 Å². The highest BCUT2D eigenvalue weighted by atomic mass is 16.2. The van der Waals surface area contributed by atoms with Crippen molar-refractivity contribution in [3.63, 3.8) is 0 Å². The molecule has 2 N–H and O–H groups in total. The third kappa shape index (κ3) is 6.96. The van der Waals surface area contributed by atoms with Gasteiger partial charge in [0.05, 0.1) is 5.56 Å². The molecule has 2 aliphatic carbocycles. The van der Waals surface area contributed by atoms with E-state index in [2.05, 4.69) is 15.5 Å². The lowest BCUT2D eigenvalue weighted by Gasteiger charge is -2.29. The number of hydrogen-bond acceptors (Lipinski definition) is 4. The summed E-state index contributed by atoms with van der Waals surface area (Å²) in [6, 6.07) is 6.07. The molecule has 8 heteroatoms. The van der Waals surface area contributed by atoms with Gasteiger partial charge in [-0.25, -0.2) is 4.79 Å². The van der Waals surface area contributed by atoms with Gasteiger partial charge < -0.3 is 25.3 Å². The molecule has 3 fully saturated rings. The van der Waals surface area contributed by atoms with Crippen molar-refractivity contribution in [1.82, 2.24) is 15.1 Å². The maximum atomic E-state index is 13.6. The largest absolute Gasteiger partial charge is 0.369 e. The zero-order chi connectivity index (χ0) is 26.2. The Morgan fingerprint density at radius 2 is 1.57 bits per heavy atom. The van der Waals surface area contributed by atoms with Gasteiger partial charge in [0.15, 0.2) is 0 Å². The van der Waals surface area contributed by atoms with Gasteiger partial charge in [0.1, 0.15) is 0 Å². The van der Waals surface area contributed by atoms with Crippen LogP contribution in [-0.4, -0.2) is 73.0 Å². The van der Waals surface area contributed by atoms with Crippen molar-refractivity contribution in [2.75, 3.05) is 49.5 Å². The molecule has 204 valence electrons. The van der Waals surface area contributed by atoms with Crippen molar-refractivity contribution >= 4 is 29.2 Å². The Balaban J connectivity index is 1.48. The molecule has 0 atom stereocenters. The van der Waals surface area contributed by atoms with Crippen LogP contribution in [0.4, 0.5) is 16.2 Å². The average molecular weight is 512 g/mol. The zero-order valence-electron chi connectivity index (χ0n) is 22.8. The van der Waals surface area contributed by atoms with Crippen LogP contribution in [0.1, 0.15) is 88.4 Å². The van der Waals surface area contributed by atoms with Crippen molar-refractivity contribution in [3.8, 4) is 0 Å². The van der Waals surface area contributed by atoms with E-state index in [9.17, 15) is 14.4 Å². The number of hydrogen-bond donors (Lipinski definition) is 2. The summed E-state index contributed by atoms with van der Waals surface area (Å²) < 4.78 is 0. The number of carbonyl (C=O) groups is 3. The van der Waals surface area contributed by atoms with E-state index in [-0.39, 0.29) is 23.8 Å². The van der Waals surface area contributed by atoms with Crippen molar-refractivity contribution in [1.29, 1.82) is 0 Å². The second-order valence-corrected chi connectivity index (χ2v) is 10.8. The number of rotatable bonds is 7. The molecule has 4 amide bonds. The van der Waals surface area contributed by atoms with E-state index >= 15 is 0 Å². The number of amides is 4. The SMILES string of the molecule is CCN(CC)C(=O)c1cc(NC(=O)C2CCCC2)ccc1N1CCCN(C(=O)NC2CCCCC2)CC1. The highest BCUT2D eigenvalue weighted by molar-refractivity contribution is 6.02. The van der Waals surface area contributed by atoms with Gasteiger partial charge in [0, 0.05) is 62.6 Å². The molecule has 1 aromatic rings. The van der Waals surface area contributed by atoms with Crippen LogP contribution < -0.4 is 15.5 Å². The van der Waals surface area contributed by atoms with Gasteiger partial charge in [-0.2, -0.15) is 0 Å². The van der Waals surface area contributed by atoms with Crippen molar-refractivity contribution in [2.45, 2.75) is 84.1 Å². The molecule has 8 nitrogen and oxygen atoms in total. The highest BCUT2D eigenvalue weighted by Gasteiger charge is 2.27. The Morgan fingerprint density at radius 1 is 0.865 bits per heavy atom. The molecule has 37 heavy (non-hydrogen) atoms. The van der Waals surface area contributed by atoms with Crippen LogP contribution in [0.3, 0.4) is 0 Å². The van der Waals surface area contributed by atoms with Crippen molar-refractivity contribution in [2.24, 2.45) is 5.92 Å². The normalized spacial score (nSPS) is 19.4. The topological polar surface area (TPSA) is 85.0 Å². The lowest BCUT2D eigenvalue weighted by molar-refractivity contribution is -0.119. The number of anilines is 2. The Bertz CT molecular complexity index is 935. The Hall–Kier alpha value is -2.77. The summed E-state index contributed by atoms with van der Waals surface area (Å²) in [5.74, 6) is 0.104. The second-order valence-electron chi connectivity index (χ2n) is 10.8. The Labute approximate surface area is 222 Å². The number of benzene rings is 1. The molecular formula is C29H45N5O3. The lowest BCUT2D eigenvalue weighted by atomic mass is 9.96. The standard InChI is InChI=1S/C29H45N5O3/c1-3-32(4-2)28(36)25-21-24(30-27(35)22-11-8-9-12-22)15-16-26(25)33-17-10-18-34(20-19-33)29(37)31-23-13-6-5-7-14-23/h15-16,21-23H,3-14,17-20H2,1-2H3,(H,30,35)(H,31,37). The fourth-order valence-corrected chi connectivity index (χ4v) is 6.05. The van der Waals surface area contributed by atoms with Gasteiger partial charge in [-0.05, 0) is 64.2 Å². The summed E-state index contributed by atoms with van der Waals surface area (Å²) in [7, 11) is 0. The summed E-state index contributed by atoms with van der Waals surface area (Å²) in [5, 5.41) is 6.31. The van der Waals surface area contributed by atoms with E-state index < -0.39 is 0 Å². The second kappa shape index (κ2) is 13.2. The quantitative estimate of drug-likeness (QED) is 0.548.